The van der Waals surface area contributed by atoms with Gasteiger partial charge >= 0.3 is 37.7 Å². The fourth-order valence-corrected chi connectivity index (χ4v) is 2.01. The smallest absolute Gasteiger partial charge is 0.896 e. The third kappa shape index (κ3) is 22.6. The first-order valence-corrected chi connectivity index (χ1v) is 5.54. The summed E-state index contributed by atoms with van der Waals surface area (Å²) in [6, 6.07) is 0. The standard InChI is InChI=1S/C6H15P.BHO2.Ca.H2O/c1-4-7(5-2)6-3;2-1-3;;/h4-6H2,1-3H3;1H;;1H2/q;-2;+2;. The summed E-state index contributed by atoms with van der Waals surface area (Å²) in [6.45, 7) is 6.87. The molecule has 0 aliphatic heterocycles. The van der Waals surface area contributed by atoms with E-state index in [-0.39, 0.29) is 43.2 Å². The predicted octanol–water partition coefficient (Wildman–Crippen LogP) is -1.70. The van der Waals surface area contributed by atoms with E-state index in [1.54, 1.807) is 0 Å². The average molecular weight is 220 g/mol. The number of hydrogen-bond acceptors (Lipinski definition) is 2. The zero-order chi connectivity index (χ0) is 8.41. The first kappa shape index (κ1) is 23.4. The Morgan fingerprint density at radius 3 is 1.17 bits per heavy atom. The van der Waals surface area contributed by atoms with Crippen LogP contribution >= 0.6 is 7.92 Å². The van der Waals surface area contributed by atoms with Crippen LogP contribution in [-0.2, 0) is 0 Å². The molecule has 0 bridgehead atoms. The van der Waals surface area contributed by atoms with Crippen molar-refractivity contribution in [1.82, 2.24) is 0 Å². The minimum atomic E-state index is -1.25. The molecule has 6 heteroatoms. The summed E-state index contributed by atoms with van der Waals surface area (Å²) in [6.07, 6.45) is 4.26. The molecule has 0 heterocycles. The molecule has 0 aromatic heterocycles. The Bertz CT molecular complexity index is 52.5. The largest absolute Gasteiger partial charge is 2.00 e. The monoisotopic (exact) mass is 220 g/mol. The summed E-state index contributed by atoms with van der Waals surface area (Å²) in [4.78, 5) is 0. The molecular weight excluding hydrogens is 202 g/mol. The Kier molecular flexibility index (Phi) is 44.8. The van der Waals surface area contributed by atoms with Crippen molar-refractivity contribution in [2.75, 3.05) is 18.5 Å². The van der Waals surface area contributed by atoms with Gasteiger partial charge < -0.3 is 15.5 Å². The molecular formula is C6H18BCaO3P. The Morgan fingerprint density at radius 1 is 1.00 bits per heavy atom. The molecule has 0 amide bonds. The number of rotatable bonds is 3. The molecule has 0 spiro atoms. The Hall–Kier alpha value is 1.63. The molecule has 0 aliphatic rings. The van der Waals surface area contributed by atoms with Crippen molar-refractivity contribution in [1.29, 1.82) is 0 Å². The average Bonchev–Trinajstić information content (AvgIpc) is 1.93. The Morgan fingerprint density at radius 2 is 1.17 bits per heavy atom. The van der Waals surface area contributed by atoms with E-state index in [0.29, 0.717) is 7.92 Å². The summed E-state index contributed by atoms with van der Waals surface area (Å²) in [5, 5.41) is 16.8. The molecule has 0 radical (unpaired) electrons. The molecule has 0 rings (SSSR count). The van der Waals surface area contributed by atoms with Crippen molar-refractivity contribution in [2.24, 2.45) is 0 Å². The second-order valence-electron chi connectivity index (χ2n) is 1.74. The van der Waals surface area contributed by atoms with Crippen LogP contribution in [0.5, 0.6) is 0 Å². The molecule has 0 unspecified atom stereocenters. The van der Waals surface area contributed by atoms with Crippen molar-refractivity contribution >= 4 is 53.3 Å². The van der Waals surface area contributed by atoms with Crippen LogP contribution in [0.15, 0.2) is 0 Å². The van der Waals surface area contributed by atoms with E-state index in [1.165, 1.54) is 18.5 Å². The van der Waals surface area contributed by atoms with Crippen LogP contribution in [0.4, 0.5) is 0 Å². The second-order valence-corrected chi connectivity index (χ2v) is 4.98. The van der Waals surface area contributed by atoms with Crippen molar-refractivity contribution < 1.29 is 15.5 Å². The maximum atomic E-state index is 8.38. The zero-order valence-electron chi connectivity index (χ0n) is 8.30. The van der Waals surface area contributed by atoms with E-state index in [4.69, 9.17) is 10.0 Å². The molecule has 3 nitrogen and oxygen atoms in total. The third-order valence-electron chi connectivity index (χ3n) is 1.34. The van der Waals surface area contributed by atoms with Gasteiger partial charge in [0.15, 0.2) is 0 Å². The summed E-state index contributed by atoms with van der Waals surface area (Å²) >= 11 is 0. The van der Waals surface area contributed by atoms with Gasteiger partial charge in [-0.25, -0.2) is 0 Å². The van der Waals surface area contributed by atoms with Crippen LogP contribution in [0.1, 0.15) is 20.8 Å². The molecule has 0 aliphatic carbocycles. The molecule has 0 fully saturated rings. The molecule has 0 atom stereocenters. The van der Waals surface area contributed by atoms with Gasteiger partial charge in [-0.05, 0) is 18.5 Å². The van der Waals surface area contributed by atoms with Crippen molar-refractivity contribution in [3.8, 4) is 0 Å². The van der Waals surface area contributed by atoms with Crippen molar-refractivity contribution in [3.05, 3.63) is 0 Å². The molecule has 0 aromatic carbocycles. The van der Waals surface area contributed by atoms with Crippen LogP contribution in [0.3, 0.4) is 0 Å². The van der Waals surface area contributed by atoms with E-state index in [1.807, 2.05) is 0 Å². The van der Waals surface area contributed by atoms with Gasteiger partial charge in [0, 0.05) is 0 Å². The van der Waals surface area contributed by atoms with Gasteiger partial charge in [0.1, 0.15) is 0 Å². The predicted molar refractivity (Wildman–Crippen MR) is 55.1 cm³/mol. The van der Waals surface area contributed by atoms with E-state index in [2.05, 4.69) is 20.8 Å². The van der Waals surface area contributed by atoms with Gasteiger partial charge in [-0.2, -0.15) is 0 Å². The quantitative estimate of drug-likeness (QED) is 0.419. The van der Waals surface area contributed by atoms with E-state index in [0.717, 1.165) is 0 Å². The number of hydrogen-bond donors (Lipinski definition) is 0. The van der Waals surface area contributed by atoms with Gasteiger partial charge in [-0.3, -0.25) is 0 Å². The first-order chi connectivity index (χ1) is 4.76. The van der Waals surface area contributed by atoms with E-state index in [9.17, 15) is 0 Å². The Balaban J connectivity index is -0.0000000569. The minimum Gasteiger partial charge on any atom is -0.896 e. The van der Waals surface area contributed by atoms with Crippen LogP contribution < -0.4 is 10.0 Å². The summed E-state index contributed by atoms with van der Waals surface area (Å²) in [5.41, 5.74) is 0. The second kappa shape index (κ2) is 22.9. The molecule has 0 saturated heterocycles. The van der Waals surface area contributed by atoms with Gasteiger partial charge in [0.05, 0.1) is 0 Å². The van der Waals surface area contributed by atoms with E-state index < -0.39 is 7.69 Å². The normalized spacial score (nSPS) is 7.17. The maximum Gasteiger partial charge on any atom is 2.00 e. The molecule has 70 valence electrons. The fourth-order valence-electron chi connectivity index (χ4n) is 0.671. The van der Waals surface area contributed by atoms with Crippen molar-refractivity contribution in [2.45, 2.75) is 20.8 Å². The maximum absolute atomic E-state index is 8.38. The van der Waals surface area contributed by atoms with Gasteiger partial charge in [-0.1, -0.05) is 20.8 Å². The molecule has 0 aromatic rings. The van der Waals surface area contributed by atoms with E-state index >= 15 is 0 Å². The first-order valence-electron chi connectivity index (χ1n) is 3.65. The fraction of sp³-hybridized carbons (Fsp3) is 1.00. The molecule has 2 N–H and O–H groups in total. The van der Waals surface area contributed by atoms with Gasteiger partial charge in [0.2, 0.25) is 0 Å². The van der Waals surface area contributed by atoms with Gasteiger partial charge in [-0.15, -0.1) is 15.6 Å². The van der Waals surface area contributed by atoms with Crippen LogP contribution in [-0.4, -0.2) is 69.4 Å². The third-order valence-corrected chi connectivity index (χ3v) is 4.02. The van der Waals surface area contributed by atoms with Crippen molar-refractivity contribution in [3.63, 3.8) is 0 Å². The van der Waals surface area contributed by atoms with Crippen LogP contribution in [0, 0.1) is 0 Å². The zero-order valence-corrected chi connectivity index (χ0v) is 11.4. The van der Waals surface area contributed by atoms with Gasteiger partial charge in [0.25, 0.3) is 0 Å². The Labute approximate surface area is 107 Å². The molecule has 12 heavy (non-hydrogen) atoms. The molecule has 0 saturated carbocycles. The topological polar surface area (TPSA) is 77.6 Å². The SMILES string of the molecule is CCP(CC)CC.O.[Ca+2].[O-]B[O-]. The van der Waals surface area contributed by atoms with Crippen LogP contribution in [0.2, 0.25) is 0 Å². The minimum absolute atomic E-state index is 0. The van der Waals surface area contributed by atoms with Crippen LogP contribution in [0.25, 0.3) is 0 Å². The summed E-state index contributed by atoms with van der Waals surface area (Å²) in [5.74, 6) is 0. The summed E-state index contributed by atoms with van der Waals surface area (Å²) < 4.78 is 0. The summed E-state index contributed by atoms with van der Waals surface area (Å²) in [7, 11) is -0.804.